The summed E-state index contributed by atoms with van der Waals surface area (Å²) in [5, 5.41) is 0.604. The number of esters is 1. The Hall–Kier alpha value is -3.20. The minimum absolute atomic E-state index is 0.0110. The van der Waals surface area contributed by atoms with E-state index in [1.54, 1.807) is 24.3 Å². The summed E-state index contributed by atoms with van der Waals surface area (Å²) < 4.78 is 69.8. The molecule has 1 aromatic heterocycles. The Bertz CT molecular complexity index is 1970. The largest absolute Gasteiger partial charge is 0.487 e. The molecule has 4 aromatic rings. The average molecular weight is 777 g/mol. The van der Waals surface area contributed by atoms with Crippen LogP contribution in [0.4, 0.5) is 17.6 Å². The quantitative estimate of drug-likeness (QED) is 0.116. The number of alkyl halides is 3. The third kappa shape index (κ3) is 6.58. The van der Waals surface area contributed by atoms with Crippen molar-refractivity contribution in [3.63, 3.8) is 0 Å². The zero-order chi connectivity index (χ0) is 31.8. The predicted octanol–water partition coefficient (Wildman–Crippen LogP) is 6.97. The fourth-order valence-electron chi connectivity index (χ4n) is 4.55. The van der Waals surface area contributed by atoms with Crippen LogP contribution >= 0.6 is 57.1 Å². The molecule has 1 aliphatic rings. The first kappa shape index (κ1) is 32.2. The lowest BCUT2D eigenvalue weighted by atomic mass is 9.95. The molecule has 0 N–H and O–H groups in total. The van der Waals surface area contributed by atoms with Crippen molar-refractivity contribution in [2.24, 2.45) is 4.99 Å². The number of aromatic nitrogens is 1. The zero-order valence-electron chi connectivity index (χ0n) is 22.4. The van der Waals surface area contributed by atoms with Crippen molar-refractivity contribution in [3.8, 4) is 5.75 Å². The smallest absolute Gasteiger partial charge is 0.434 e. The first-order chi connectivity index (χ1) is 20.9. The van der Waals surface area contributed by atoms with Crippen LogP contribution in [0.15, 0.2) is 81.7 Å². The van der Waals surface area contributed by atoms with Gasteiger partial charge in [0.1, 0.15) is 18.2 Å². The molecule has 0 unspecified atom stereocenters. The number of fused-ring (bicyclic) bond motifs is 1. The second-order valence-corrected chi connectivity index (χ2v) is 12.3. The first-order valence-electron chi connectivity index (χ1n) is 12.8. The Kier molecular flexibility index (Phi) is 9.54. The summed E-state index contributed by atoms with van der Waals surface area (Å²) in [5.74, 6) is -1.45. The maximum absolute atomic E-state index is 14.4. The van der Waals surface area contributed by atoms with Gasteiger partial charge < -0.3 is 9.47 Å². The van der Waals surface area contributed by atoms with Crippen molar-refractivity contribution in [3.05, 3.63) is 128 Å². The fourth-order valence-corrected chi connectivity index (χ4v) is 6.88. The summed E-state index contributed by atoms with van der Waals surface area (Å²) in [6.45, 7) is 1.12. The van der Waals surface area contributed by atoms with Gasteiger partial charge >= 0.3 is 12.1 Å². The van der Waals surface area contributed by atoms with Gasteiger partial charge in [-0.05, 0) is 71.5 Å². The highest BCUT2D eigenvalue weighted by Crippen LogP contribution is 2.38. The summed E-state index contributed by atoms with van der Waals surface area (Å²) in [6, 6.07) is 13.4. The molecule has 0 fully saturated rings. The van der Waals surface area contributed by atoms with E-state index in [-0.39, 0.29) is 39.4 Å². The molecular formula is C30H19Cl2F4IN2O4S. The van der Waals surface area contributed by atoms with Crippen LogP contribution in [0.25, 0.3) is 6.08 Å². The van der Waals surface area contributed by atoms with Gasteiger partial charge in [-0.25, -0.2) is 14.2 Å². The summed E-state index contributed by atoms with van der Waals surface area (Å²) in [5.41, 5.74) is -2.20. The Morgan fingerprint density at radius 2 is 1.82 bits per heavy atom. The summed E-state index contributed by atoms with van der Waals surface area (Å²) in [7, 11) is 0. The van der Waals surface area contributed by atoms with Crippen molar-refractivity contribution in [2.75, 3.05) is 6.61 Å². The fraction of sp³-hybridized carbons (Fsp3) is 0.167. The molecule has 0 bridgehead atoms. The molecular weight excluding hydrogens is 758 g/mol. The minimum atomic E-state index is -5.04. The minimum Gasteiger partial charge on any atom is -0.487 e. The lowest BCUT2D eigenvalue weighted by Gasteiger charge is -2.26. The highest BCUT2D eigenvalue weighted by molar-refractivity contribution is 14.1. The van der Waals surface area contributed by atoms with Gasteiger partial charge in [-0.3, -0.25) is 9.36 Å². The van der Waals surface area contributed by atoms with E-state index in [2.05, 4.69) is 4.99 Å². The first-order valence-corrected chi connectivity index (χ1v) is 15.4. The number of halogens is 7. The predicted molar refractivity (Wildman–Crippen MR) is 167 cm³/mol. The van der Waals surface area contributed by atoms with Crippen molar-refractivity contribution in [2.45, 2.75) is 25.7 Å². The zero-order valence-corrected chi connectivity index (χ0v) is 26.9. The standard InChI is InChI=1S/C30H19Cl2F4IN2O4S/c1-2-42-28(41)23-24(15-7-9-18(31)10-8-15)39-27(40)22(44-29(39)38-26(23)30(34,35)36)12-17-11-19(32)13-21(37)25(17)43-14-16-5-3-4-6-20(16)33/h3-13,24H,2,14H2,1H3/b22-12-/t24-/m1/s1. The summed E-state index contributed by atoms with van der Waals surface area (Å²) in [6.07, 6.45) is -3.63. The van der Waals surface area contributed by atoms with E-state index in [4.69, 9.17) is 32.7 Å². The SMILES string of the molecule is CCOC(=O)C1=C(C(F)(F)F)N=c2s/c(=C\c3cc(Cl)cc(I)c3OCc3ccccc3F)c(=O)n2[C@@H]1c1ccc(Cl)cc1. The van der Waals surface area contributed by atoms with Gasteiger partial charge in [-0.2, -0.15) is 13.2 Å². The molecule has 1 aliphatic heterocycles. The van der Waals surface area contributed by atoms with Gasteiger partial charge in [0.15, 0.2) is 10.5 Å². The van der Waals surface area contributed by atoms with Crippen LogP contribution in [0.2, 0.25) is 10.0 Å². The number of nitrogens with zero attached hydrogens (tertiary/aromatic N) is 2. The monoisotopic (exact) mass is 776 g/mol. The highest BCUT2D eigenvalue weighted by Gasteiger charge is 2.45. The second-order valence-electron chi connectivity index (χ2n) is 9.30. The van der Waals surface area contributed by atoms with Gasteiger partial charge in [0, 0.05) is 21.2 Å². The van der Waals surface area contributed by atoms with Crippen LogP contribution in [0.5, 0.6) is 5.75 Å². The number of allylic oxidation sites excluding steroid dienone is 1. The number of carbonyl (C=O) groups is 1. The van der Waals surface area contributed by atoms with E-state index in [0.717, 1.165) is 4.57 Å². The molecule has 3 aromatic carbocycles. The Morgan fingerprint density at radius 3 is 2.48 bits per heavy atom. The van der Waals surface area contributed by atoms with Crippen LogP contribution in [0.1, 0.15) is 29.7 Å². The van der Waals surface area contributed by atoms with Gasteiger partial charge in [-0.1, -0.05) is 64.9 Å². The van der Waals surface area contributed by atoms with Gasteiger partial charge in [-0.15, -0.1) is 0 Å². The molecule has 6 nitrogen and oxygen atoms in total. The molecule has 0 saturated heterocycles. The Labute approximate surface area is 275 Å². The van der Waals surface area contributed by atoms with Crippen LogP contribution in [0.3, 0.4) is 0 Å². The molecule has 2 heterocycles. The highest BCUT2D eigenvalue weighted by atomic mass is 127. The normalized spacial score (nSPS) is 15.2. The second kappa shape index (κ2) is 13.0. The molecule has 0 radical (unpaired) electrons. The Morgan fingerprint density at radius 1 is 1.11 bits per heavy atom. The van der Waals surface area contributed by atoms with E-state index in [9.17, 15) is 27.2 Å². The maximum Gasteiger partial charge on any atom is 0.434 e. The van der Waals surface area contributed by atoms with E-state index in [0.29, 0.717) is 30.5 Å². The number of hydrogen-bond acceptors (Lipinski definition) is 6. The third-order valence-corrected chi connectivity index (χ3v) is 8.69. The van der Waals surface area contributed by atoms with Gasteiger partial charge in [0.05, 0.1) is 26.3 Å². The molecule has 0 saturated carbocycles. The van der Waals surface area contributed by atoms with Crippen LogP contribution in [-0.4, -0.2) is 23.3 Å². The number of hydrogen-bond donors (Lipinski definition) is 0. The van der Waals surface area contributed by atoms with Crippen LogP contribution in [0, 0.1) is 9.39 Å². The average Bonchev–Trinajstić information content (AvgIpc) is 3.27. The molecule has 14 heteroatoms. The lowest BCUT2D eigenvalue weighted by Crippen LogP contribution is -2.41. The Balaban J connectivity index is 1.72. The molecule has 0 aliphatic carbocycles. The maximum atomic E-state index is 14.4. The summed E-state index contributed by atoms with van der Waals surface area (Å²) in [4.78, 5) is 30.4. The molecule has 228 valence electrons. The topological polar surface area (TPSA) is 69.9 Å². The molecule has 0 spiro atoms. The molecule has 1 atom stereocenters. The van der Waals surface area contributed by atoms with Gasteiger partial charge in [0.25, 0.3) is 5.56 Å². The number of ether oxygens (including phenoxy) is 2. The van der Waals surface area contributed by atoms with E-state index < -0.39 is 40.8 Å². The van der Waals surface area contributed by atoms with E-state index in [1.165, 1.54) is 49.4 Å². The van der Waals surface area contributed by atoms with Crippen molar-refractivity contribution in [1.29, 1.82) is 0 Å². The lowest BCUT2D eigenvalue weighted by molar-refractivity contribution is -0.140. The molecule has 44 heavy (non-hydrogen) atoms. The van der Waals surface area contributed by atoms with Crippen molar-refractivity contribution >= 4 is 69.2 Å². The summed E-state index contributed by atoms with van der Waals surface area (Å²) >= 11 is 15.0. The van der Waals surface area contributed by atoms with Gasteiger partial charge in [0.2, 0.25) is 0 Å². The number of benzene rings is 3. The van der Waals surface area contributed by atoms with Crippen LogP contribution in [-0.2, 0) is 16.1 Å². The third-order valence-electron chi connectivity index (χ3n) is 6.43. The molecule has 0 amide bonds. The number of rotatable bonds is 7. The number of carbonyl (C=O) groups excluding carboxylic acids is 1. The van der Waals surface area contributed by atoms with E-state index in [1.807, 2.05) is 22.6 Å². The van der Waals surface area contributed by atoms with Crippen molar-refractivity contribution < 1.29 is 31.8 Å². The van der Waals surface area contributed by atoms with Crippen molar-refractivity contribution in [1.82, 2.24) is 4.57 Å². The van der Waals surface area contributed by atoms with Crippen LogP contribution < -0.4 is 19.6 Å². The van der Waals surface area contributed by atoms with E-state index >= 15 is 0 Å². The number of thiazole rings is 1. The molecule has 5 rings (SSSR count).